The molecule has 0 aliphatic heterocycles. The van der Waals surface area contributed by atoms with Crippen molar-refractivity contribution in [2.75, 3.05) is 0 Å². The Morgan fingerprint density at radius 2 is 1.38 bits per heavy atom. The van der Waals surface area contributed by atoms with Crippen LogP contribution in [0.2, 0.25) is 0 Å². The first-order valence-corrected chi connectivity index (χ1v) is 7.65. The van der Waals surface area contributed by atoms with Crippen molar-refractivity contribution in [1.82, 2.24) is 0 Å². The third-order valence-corrected chi connectivity index (χ3v) is 4.03. The molecule has 2 nitrogen and oxygen atoms in total. The quantitative estimate of drug-likeness (QED) is 0.809. The van der Waals surface area contributed by atoms with Crippen LogP contribution in [0.5, 0.6) is 5.75 Å². The van der Waals surface area contributed by atoms with E-state index in [1.165, 1.54) is 24.3 Å². The number of rotatable bonds is 6. The molecule has 0 radical (unpaired) electrons. The van der Waals surface area contributed by atoms with E-state index in [0.717, 1.165) is 11.1 Å². The molecule has 0 fully saturated rings. The number of alkyl halides is 2. The molecule has 0 aliphatic carbocycles. The van der Waals surface area contributed by atoms with Crippen LogP contribution in [-0.2, 0) is 22.3 Å². The first-order valence-electron chi connectivity index (χ1n) is 6.16. The molecule has 0 amide bonds. The average Bonchev–Trinajstić information content (AvgIpc) is 2.43. The first-order chi connectivity index (χ1) is 10.0. The highest BCUT2D eigenvalue weighted by molar-refractivity contribution is 7.83. The monoisotopic (exact) mass is 314 g/mol. The van der Waals surface area contributed by atoms with E-state index in [1.807, 2.05) is 0 Å². The summed E-state index contributed by atoms with van der Waals surface area (Å²) in [5, 5.41) is 0. The van der Waals surface area contributed by atoms with Gasteiger partial charge in [-0.1, -0.05) is 24.3 Å². The number of ether oxygens (including phenoxy) is 1. The van der Waals surface area contributed by atoms with Crippen LogP contribution in [0.25, 0.3) is 0 Å². The van der Waals surface area contributed by atoms with Gasteiger partial charge in [0.2, 0.25) is 0 Å². The van der Waals surface area contributed by atoms with Gasteiger partial charge in [0, 0.05) is 22.3 Å². The Hall–Kier alpha value is -1.82. The predicted octanol–water partition coefficient (Wildman–Crippen LogP) is 3.88. The highest BCUT2D eigenvalue weighted by atomic mass is 32.2. The van der Waals surface area contributed by atoms with Crippen molar-refractivity contribution in [2.45, 2.75) is 18.1 Å². The van der Waals surface area contributed by atoms with E-state index in [4.69, 9.17) is 0 Å². The van der Waals surface area contributed by atoms with Crippen molar-refractivity contribution < 1.29 is 22.1 Å². The Balaban J connectivity index is 1.91. The van der Waals surface area contributed by atoms with Crippen LogP contribution in [0.4, 0.5) is 13.2 Å². The van der Waals surface area contributed by atoms with Gasteiger partial charge in [0.1, 0.15) is 11.6 Å². The third-order valence-electron chi connectivity index (χ3n) is 2.72. The summed E-state index contributed by atoms with van der Waals surface area (Å²) in [5.74, 6) is 0.347. The zero-order valence-electron chi connectivity index (χ0n) is 11.0. The smallest absolute Gasteiger partial charge is 0.387 e. The Morgan fingerprint density at radius 3 is 1.86 bits per heavy atom. The van der Waals surface area contributed by atoms with Gasteiger partial charge in [-0.05, 0) is 35.4 Å². The molecule has 2 rings (SSSR count). The minimum Gasteiger partial charge on any atom is -0.435 e. The summed E-state index contributed by atoms with van der Waals surface area (Å²) >= 11 is 0. The van der Waals surface area contributed by atoms with Gasteiger partial charge in [-0.2, -0.15) is 8.78 Å². The summed E-state index contributed by atoms with van der Waals surface area (Å²) in [4.78, 5) is 0. The van der Waals surface area contributed by atoms with Crippen molar-refractivity contribution in [3.8, 4) is 5.75 Å². The lowest BCUT2D eigenvalue weighted by atomic mass is 10.2. The van der Waals surface area contributed by atoms with Crippen LogP contribution in [-0.4, -0.2) is 10.8 Å². The maximum atomic E-state index is 12.8. The van der Waals surface area contributed by atoms with Crippen molar-refractivity contribution in [3.63, 3.8) is 0 Å². The van der Waals surface area contributed by atoms with Crippen LogP contribution in [0.3, 0.4) is 0 Å². The van der Waals surface area contributed by atoms with Gasteiger partial charge in [0.25, 0.3) is 0 Å². The molecule has 0 spiro atoms. The zero-order chi connectivity index (χ0) is 15.2. The van der Waals surface area contributed by atoms with Crippen molar-refractivity contribution in [3.05, 3.63) is 65.5 Å². The highest BCUT2D eigenvalue weighted by Gasteiger charge is 2.06. The number of halogens is 3. The molecule has 0 saturated heterocycles. The van der Waals surface area contributed by atoms with Gasteiger partial charge < -0.3 is 4.74 Å². The predicted molar refractivity (Wildman–Crippen MR) is 75.0 cm³/mol. The molecule has 0 aromatic heterocycles. The molecular formula is C15H13F3O2S. The summed E-state index contributed by atoms with van der Waals surface area (Å²) in [6, 6.07) is 11.8. The standard InChI is InChI=1S/C15H13F3O2S/c16-13-5-1-11(2-6-13)9-21(19)10-12-3-7-14(8-4-12)20-15(17)18/h1-8,15H,9-10H2/t21-/m0/s1. The first kappa shape index (κ1) is 15.6. The number of benzene rings is 2. The fourth-order valence-corrected chi connectivity index (χ4v) is 3.00. The summed E-state index contributed by atoms with van der Waals surface area (Å²) in [5.41, 5.74) is 1.55. The molecule has 6 heteroatoms. The van der Waals surface area contributed by atoms with E-state index in [0.29, 0.717) is 11.5 Å². The Kier molecular flexibility index (Phi) is 5.38. The molecule has 21 heavy (non-hydrogen) atoms. The second-order valence-electron chi connectivity index (χ2n) is 4.38. The van der Waals surface area contributed by atoms with Crippen molar-refractivity contribution in [1.29, 1.82) is 0 Å². The fourth-order valence-electron chi connectivity index (χ4n) is 1.77. The van der Waals surface area contributed by atoms with E-state index >= 15 is 0 Å². The topological polar surface area (TPSA) is 26.3 Å². The van der Waals surface area contributed by atoms with Crippen molar-refractivity contribution >= 4 is 10.8 Å². The maximum absolute atomic E-state index is 12.8. The second-order valence-corrected chi connectivity index (χ2v) is 5.83. The molecular weight excluding hydrogens is 301 g/mol. The Morgan fingerprint density at radius 1 is 0.905 bits per heavy atom. The van der Waals surface area contributed by atoms with Crippen LogP contribution >= 0.6 is 0 Å². The summed E-state index contributed by atoms with van der Waals surface area (Å²) < 4.78 is 53.0. The van der Waals surface area contributed by atoms with E-state index in [2.05, 4.69) is 4.74 Å². The van der Waals surface area contributed by atoms with E-state index in [9.17, 15) is 17.4 Å². The largest absolute Gasteiger partial charge is 0.435 e. The number of hydrogen-bond donors (Lipinski definition) is 0. The van der Waals surface area contributed by atoms with Gasteiger partial charge >= 0.3 is 6.61 Å². The van der Waals surface area contributed by atoms with Crippen LogP contribution in [0.1, 0.15) is 11.1 Å². The molecule has 0 aliphatic rings. The average molecular weight is 314 g/mol. The Labute approximate surface area is 123 Å². The minimum absolute atomic E-state index is 0.0677. The SMILES string of the molecule is O=[S@@](Cc1ccc(F)cc1)Cc1ccc(OC(F)F)cc1. The van der Waals surface area contributed by atoms with Crippen LogP contribution in [0.15, 0.2) is 48.5 Å². The molecule has 0 N–H and O–H groups in total. The van der Waals surface area contributed by atoms with Crippen molar-refractivity contribution in [2.24, 2.45) is 0 Å². The van der Waals surface area contributed by atoms with Crippen LogP contribution < -0.4 is 4.74 Å². The molecule has 112 valence electrons. The lowest BCUT2D eigenvalue weighted by Crippen LogP contribution is -2.02. The maximum Gasteiger partial charge on any atom is 0.387 e. The summed E-state index contributed by atoms with van der Waals surface area (Å²) in [6.07, 6.45) is 0. The lowest BCUT2D eigenvalue weighted by Gasteiger charge is -2.06. The molecule has 2 aromatic carbocycles. The highest BCUT2D eigenvalue weighted by Crippen LogP contribution is 2.16. The minimum atomic E-state index is -2.86. The van der Waals surface area contributed by atoms with Gasteiger partial charge in [-0.15, -0.1) is 0 Å². The van der Waals surface area contributed by atoms with Crippen LogP contribution in [0, 0.1) is 5.82 Å². The molecule has 0 saturated carbocycles. The van der Waals surface area contributed by atoms with E-state index in [-0.39, 0.29) is 11.6 Å². The van der Waals surface area contributed by atoms with Gasteiger partial charge in [-0.25, -0.2) is 4.39 Å². The van der Waals surface area contributed by atoms with Gasteiger partial charge in [-0.3, -0.25) is 4.21 Å². The third kappa shape index (κ3) is 5.23. The normalized spacial score (nSPS) is 12.4. The molecule has 0 bridgehead atoms. The second kappa shape index (κ2) is 7.26. The van der Waals surface area contributed by atoms with E-state index in [1.54, 1.807) is 24.3 Å². The molecule has 0 heterocycles. The summed E-state index contributed by atoms with van der Waals surface area (Å²) in [7, 11) is -1.16. The van der Waals surface area contributed by atoms with E-state index < -0.39 is 17.4 Å². The molecule has 1 atom stereocenters. The zero-order valence-corrected chi connectivity index (χ0v) is 11.8. The number of hydrogen-bond acceptors (Lipinski definition) is 2. The molecule has 2 aromatic rings. The fraction of sp³-hybridized carbons (Fsp3) is 0.200. The van der Waals surface area contributed by atoms with Gasteiger partial charge in [0.15, 0.2) is 0 Å². The Bertz CT molecular complexity index is 597. The lowest BCUT2D eigenvalue weighted by molar-refractivity contribution is -0.0498. The summed E-state index contributed by atoms with van der Waals surface area (Å²) in [6.45, 7) is -2.86. The van der Waals surface area contributed by atoms with Gasteiger partial charge in [0.05, 0.1) is 0 Å². The molecule has 0 unspecified atom stereocenters.